The van der Waals surface area contributed by atoms with E-state index >= 15 is 0 Å². The van der Waals surface area contributed by atoms with Crippen LogP contribution in [0.1, 0.15) is 67.2 Å². The molecule has 0 aliphatic carbocycles. The molecule has 0 saturated heterocycles. The first-order valence-corrected chi connectivity index (χ1v) is 7.00. The SMILES string of the molecule is CC.CCCC(CCC)CN(CC)CC. The lowest BCUT2D eigenvalue weighted by Gasteiger charge is -2.24. The van der Waals surface area contributed by atoms with Crippen molar-refractivity contribution in [2.75, 3.05) is 19.6 Å². The molecule has 94 valence electrons. The van der Waals surface area contributed by atoms with E-state index in [4.69, 9.17) is 0 Å². The number of rotatable bonds is 8. The fourth-order valence-electron chi connectivity index (χ4n) is 1.99. The van der Waals surface area contributed by atoms with Crippen molar-refractivity contribution in [2.45, 2.75) is 67.2 Å². The van der Waals surface area contributed by atoms with Gasteiger partial charge in [-0.25, -0.2) is 0 Å². The van der Waals surface area contributed by atoms with Gasteiger partial charge >= 0.3 is 0 Å². The van der Waals surface area contributed by atoms with Crippen LogP contribution in [-0.4, -0.2) is 24.5 Å². The van der Waals surface area contributed by atoms with E-state index in [2.05, 4.69) is 32.6 Å². The Morgan fingerprint density at radius 2 is 1.20 bits per heavy atom. The molecule has 0 aliphatic rings. The Morgan fingerprint density at radius 1 is 0.800 bits per heavy atom. The fraction of sp³-hybridized carbons (Fsp3) is 1.00. The van der Waals surface area contributed by atoms with Crippen molar-refractivity contribution in [3.8, 4) is 0 Å². The molecule has 0 amide bonds. The number of hydrogen-bond acceptors (Lipinski definition) is 1. The Morgan fingerprint density at radius 3 is 1.47 bits per heavy atom. The molecule has 0 spiro atoms. The predicted molar refractivity (Wildman–Crippen MR) is 72.4 cm³/mol. The molecule has 0 fully saturated rings. The quantitative estimate of drug-likeness (QED) is 0.573. The molecule has 0 aromatic carbocycles. The third kappa shape index (κ3) is 10.2. The molecule has 0 saturated carbocycles. The van der Waals surface area contributed by atoms with Gasteiger partial charge in [0.2, 0.25) is 0 Å². The summed E-state index contributed by atoms with van der Waals surface area (Å²) in [5.74, 6) is 0.940. The van der Waals surface area contributed by atoms with E-state index < -0.39 is 0 Å². The number of hydrogen-bond donors (Lipinski definition) is 0. The Balaban J connectivity index is 0. The van der Waals surface area contributed by atoms with Gasteiger partial charge in [-0.05, 0) is 31.8 Å². The maximum Gasteiger partial charge on any atom is 0.000942 e. The molecule has 0 N–H and O–H groups in total. The zero-order valence-electron chi connectivity index (χ0n) is 12.0. The molecule has 0 unspecified atom stereocenters. The fourth-order valence-corrected chi connectivity index (χ4v) is 1.99. The minimum absolute atomic E-state index is 0.940. The molecule has 0 rings (SSSR count). The average molecular weight is 215 g/mol. The van der Waals surface area contributed by atoms with Gasteiger partial charge < -0.3 is 4.90 Å². The second kappa shape index (κ2) is 14.0. The van der Waals surface area contributed by atoms with Crippen molar-refractivity contribution >= 4 is 0 Å². The van der Waals surface area contributed by atoms with Crippen LogP contribution in [0.3, 0.4) is 0 Å². The Hall–Kier alpha value is -0.0400. The second-order valence-corrected chi connectivity index (χ2v) is 3.93. The highest BCUT2D eigenvalue weighted by Gasteiger charge is 2.09. The molecule has 0 bridgehead atoms. The van der Waals surface area contributed by atoms with Crippen molar-refractivity contribution in [3.05, 3.63) is 0 Å². The Kier molecular flexibility index (Phi) is 16.2. The monoisotopic (exact) mass is 215 g/mol. The van der Waals surface area contributed by atoms with Gasteiger partial charge in [-0.3, -0.25) is 0 Å². The molecule has 0 heterocycles. The lowest BCUT2D eigenvalue weighted by atomic mass is 9.98. The first kappa shape index (κ1) is 17.4. The maximum absolute atomic E-state index is 2.55. The summed E-state index contributed by atoms with van der Waals surface area (Å²) in [5, 5.41) is 0. The lowest BCUT2D eigenvalue weighted by Crippen LogP contribution is -2.29. The molecule has 0 aromatic heterocycles. The van der Waals surface area contributed by atoms with E-state index in [1.807, 2.05) is 13.8 Å². The van der Waals surface area contributed by atoms with Crippen molar-refractivity contribution in [3.63, 3.8) is 0 Å². The summed E-state index contributed by atoms with van der Waals surface area (Å²) in [6.45, 7) is 16.8. The van der Waals surface area contributed by atoms with Crippen LogP contribution < -0.4 is 0 Å². The van der Waals surface area contributed by atoms with Crippen molar-refractivity contribution in [1.29, 1.82) is 0 Å². The summed E-state index contributed by atoms with van der Waals surface area (Å²) >= 11 is 0. The molecular formula is C14H33N. The molecule has 15 heavy (non-hydrogen) atoms. The normalized spacial score (nSPS) is 10.4. The first-order chi connectivity index (χ1) is 7.28. The van der Waals surface area contributed by atoms with Gasteiger partial charge in [0.25, 0.3) is 0 Å². The molecule has 1 heteroatoms. The van der Waals surface area contributed by atoms with Crippen LogP contribution in [0.25, 0.3) is 0 Å². The molecule has 0 aromatic rings. The predicted octanol–water partition coefficient (Wildman–Crippen LogP) is 4.57. The summed E-state index contributed by atoms with van der Waals surface area (Å²) in [6.07, 6.45) is 5.49. The average Bonchev–Trinajstić information content (AvgIpc) is 2.29. The highest BCUT2D eigenvalue weighted by molar-refractivity contribution is 4.63. The van der Waals surface area contributed by atoms with Crippen LogP contribution in [0.5, 0.6) is 0 Å². The van der Waals surface area contributed by atoms with Crippen molar-refractivity contribution in [1.82, 2.24) is 4.90 Å². The number of nitrogens with zero attached hydrogens (tertiary/aromatic N) is 1. The third-order valence-electron chi connectivity index (χ3n) is 2.80. The van der Waals surface area contributed by atoms with Crippen LogP contribution in [-0.2, 0) is 0 Å². The highest BCUT2D eigenvalue weighted by Crippen LogP contribution is 2.14. The van der Waals surface area contributed by atoms with E-state index in [0.717, 1.165) is 5.92 Å². The minimum Gasteiger partial charge on any atom is -0.304 e. The van der Waals surface area contributed by atoms with Crippen LogP contribution in [0.4, 0.5) is 0 Å². The van der Waals surface area contributed by atoms with Crippen LogP contribution in [0.2, 0.25) is 0 Å². The van der Waals surface area contributed by atoms with E-state index in [-0.39, 0.29) is 0 Å². The first-order valence-electron chi connectivity index (χ1n) is 7.00. The minimum atomic E-state index is 0.940. The van der Waals surface area contributed by atoms with Gasteiger partial charge in [-0.15, -0.1) is 0 Å². The standard InChI is InChI=1S/C12H27N.C2H6/c1-5-9-12(10-6-2)11-13(7-3)8-4;1-2/h12H,5-11H2,1-4H3;1-2H3. The van der Waals surface area contributed by atoms with Crippen molar-refractivity contribution < 1.29 is 0 Å². The van der Waals surface area contributed by atoms with Crippen molar-refractivity contribution in [2.24, 2.45) is 5.92 Å². The molecule has 1 nitrogen and oxygen atoms in total. The Labute approximate surface area is 98.2 Å². The van der Waals surface area contributed by atoms with Crippen LogP contribution in [0.15, 0.2) is 0 Å². The summed E-state index contributed by atoms with van der Waals surface area (Å²) in [7, 11) is 0. The maximum atomic E-state index is 2.55. The summed E-state index contributed by atoms with van der Waals surface area (Å²) in [4.78, 5) is 2.55. The third-order valence-corrected chi connectivity index (χ3v) is 2.80. The smallest absolute Gasteiger partial charge is 0.000942 e. The zero-order valence-corrected chi connectivity index (χ0v) is 12.0. The van der Waals surface area contributed by atoms with Gasteiger partial charge in [0.15, 0.2) is 0 Å². The second-order valence-electron chi connectivity index (χ2n) is 3.93. The van der Waals surface area contributed by atoms with E-state index in [0.29, 0.717) is 0 Å². The van der Waals surface area contributed by atoms with Gasteiger partial charge in [-0.2, -0.15) is 0 Å². The lowest BCUT2D eigenvalue weighted by molar-refractivity contribution is 0.235. The van der Waals surface area contributed by atoms with E-state index in [1.165, 1.54) is 45.3 Å². The zero-order chi connectivity index (χ0) is 12.1. The summed E-state index contributed by atoms with van der Waals surface area (Å²) < 4.78 is 0. The summed E-state index contributed by atoms with van der Waals surface area (Å²) in [6, 6.07) is 0. The van der Waals surface area contributed by atoms with Crippen LogP contribution in [0, 0.1) is 5.92 Å². The Bertz CT molecular complexity index is 91.5. The molecule has 0 radical (unpaired) electrons. The molecular weight excluding hydrogens is 182 g/mol. The highest BCUT2D eigenvalue weighted by atomic mass is 15.1. The molecule has 0 atom stereocenters. The van der Waals surface area contributed by atoms with Gasteiger partial charge in [0.05, 0.1) is 0 Å². The molecule has 0 aliphatic heterocycles. The van der Waals surface area contributed by atoms with E-state index in [1.54, 1.807) is 0 Å². The largest absolute Gasteiger partial charge is 0.304 e. The van der Waals surface area contributed by atoms with Gasteiger partial charge in [-0.1, -0.05) is 54.4 Å². The van der Waals surface area contributed by atoms with Crippen LogP contribution >= 0.6 is 0 Å². The van der Waals surface area contributed by atoms with Gasteiger partial charge in [0, 0.05) is 6.54 Å². The van der Waals surface area contributed by atoms with E-state index in [9.17, 15) is 0 Å². The topological polar surface area (TPSA) is 3.24 Å². The summed E-state index contributed by atoms with van der Waals surface area (Å²) in [5.41, 5.74) is 0. The van der Waals surface area contributed by atoms with Gasteiger partial charge in [0.1, 0.15) is 0 Å².